The molecule has 0 aliphatic heterocycles. The molecule has 0 fully saturated rings. The Morgan fingerprint density at radius 3 is 2.38 bits per heavy atom. The zero-order valence-electron chi connectivity index (χ0n) is 11.8. The smallest absolute Gasteiger partial charge is 0.338 e. The van der Waals surface area contributed by atoms with Crippen LogP contribution in [0.1, 0.15) is 17.3 Å². The van der Waals surface area contributed by atoms with Gasteiger partial charge in [0.2, 0.25) is 0 Å². The number of carbonyl (C=O) groups excluding carboxylic acids is 1. The van der Waals surface area contributed by atoms with Gasteiger partial charge in [0, 0.05) is 9.79 Å². The molecular weight excluding hydrogens is 352 g/mol. The van der Waals surface area contributed by atoms with Crippen LogP contribution in [0.25, 0.3) is 0 Å². The van der Waals surface area contributed by atoms with Crippen molar-refractivity contribution < 1.29 is 14.3 Å². The number of rotatable bonds is 5. The summed E-state index contributed by atoms with van der Waals surface area (Å²) in [4.78, 5) is 13.7. The molecule has 0 saturated carbocycles. The van der Waals surface area contributed by atoms with Crippen LogP contribution in [0.5, 0.6) is 5.75 Å². The van der Waals surface area contributed by atoms with Gasteiger partial charge in [-0.3, -0.25) is 0 Å². The van der Waals surface area contributed by atoms with Crippen LogP contribution in [0.15, 0.2) is 56.7 Å². The molecule has 0 bridgehead atoms. The molecule has 2 aromatic rings. The molecule has 0 heterocycles. The molecule has 5 heteroatoms. The van der Waals surface area contributed by atoms with Crippen molar-refractivity contribution in [1.29, 1.82) is 0 Å². The van der Waals surface area contributed by atoms with E-state index in [1.807, 2.05) is 30.3 Å². The molecule has 0 atom stereocenters. The SMILES string of the molecule is CCOC(=O)c1ccc(Sc2ccc(OC)c(Br)c2)cc1. The lowest BCUT2D eigenvalue weighted by molar-refractivity contribution is 0.0526. The fourth-order valence-corrected chi connectivity index (χ4v) is 3.27. The molecule has 3 nitrogen and oxygen atoms in total. The lowest BCUT2D eigenvalue weighted by Gasteiger charge is -2.07. The van der Waals surface area contributed by atoms with Crippen LogP contribution in [-0.4, -0.2) is 19.7 Å². The first-order valence-corrected chi connectivity index (χ1v) is 8.03. The molecule has 2 rings (SSSR count). The molecule has 0 spiro atoms. The van der Waals surface area contributed by atoms with Crippen LogP contribution in [0.3, 0.4) is 0 Å². The second-order valence-corrected chi connectivity index (χ2v) is 6.14. The van der Waals surface area contributed by atoms with E-state index < -0.39 is 0 Å². The fourth-order valence-electron chi connectivity index (χ4n) is 1.72. The minimum atomic E-state index is -0.291. The van der Waals surface area contributed by atoms with E-state index in [0.717, 1.165) is 20.0 Å². The van der Waals surface area contributed by atoms with Crippen molar-refractivity contribution in [2.75, 3.05) is 13.7 Å². The van der Waals surface area contributed by atoms with Crippen molar-refractivity contribution in [3.8, 4) is 5.75 Å². The summed E-state index contributed by atoms with van der Waals surface area (Å²) in [6.07, 6.45) is 0. The molecule has 0 aliphatic rings. The summed E-state index contributed by atoms with van der Waals surface area (Å²) in [6, 6.07) is 13.3. The van der Waals surface area contributed by atoms with Gasteiger partial charge in [0.05, 0.1) is 23.8 Å². The first-order chi connectivity index (χ1) is 10.1. The van der Waals surface area contributed by atoms with Gasteiger partial charge in [0.25, 0.3) is 0 Å². The summed E-state index contributed by atoms with van der Waals surface area (Å²) in [6.45, 7) is 2.18. The quantitative estimate of drug-likeness (QED) is 0.712. The van der Waals surface area contributed by atoms with Gasteiger partial charge < -0.3 is 9.47 Å². The van der Waals surface area contributed by atoms with Crippen LogP contribution in [0.2, 0.25) is 0 Å². The van der Waals surface area contributed by atoms with Crippen molar-refractivity contribution in [2.45, 2.75) is 16.7 Å². The Hall–Kier alpha value is -1.46. The van der Waals surface area contributed by atoms with Gasteiger partial charge in [-0.05, 0) is 65.3 Å². The largest absolute Gasteiger partial charge is 0.496 e. The first kappa shape index (κ1) is 15.9. The minimum Gasteiger partial charge on any atom is -0.496 e. The molecule has 0 unspecified atom stereocenters. The summed E-state index contributed by atoms with van der Waals surface area (Å²) in [7, 11) is 1.64. The average Bonchev–Trinajstić information content (AvgIpc) is 2.48. The number of ether oxygens (including phenoxy) is 2. The van der Waals surface area contributed by atoms with Crippen LogP contribution in [0, 0.1) is 0 Å². The van der Waals surface area contributed by atoms with Gasteiger partial charge in [-0.1, -0.05) is 11.8 Å². The molecule has 21 heavy (non-hydrogen) atoms. The highest BCUT2D eigenvalue weighted by molar-refractivity contribution is 9.10. The Labute approximate surface area is 136 Å². The molecule has 0 saturated heterocycles. The number of methoxy groups -OCH3 is 1. The second-order valence-electron chi connectivity index (χ2n) is 4.14. The normalized spacial score (nSPS) is 10.2. The maximum atomic E-state index is 11.6. The van der Waals surface area contributed by atoms with Gasteiger partial charge >= 0.3 is 5.97 Å². The third kappa shape index (κ3) is 4.25. The fraction of sp³-hybridized carbons (Fsp3) is 0.188. The number of hydrogen-bond acceptors (Lipinski definition) is 4. The lowest BCUT2D eigenvalue weighted by atomic mass is 10.2. The van der Waals surface area contributed by atoms with Crippen molar-refractivity contribution in [3.05, 3.63) is 52.5 Å². The molecule has 0 N–H and O–H groups in total. The van der Waals surface area contributed by atoms with Crippen molar-refractivity contribution in [1.82, 2.24) is 0 Å². The highest BCUT2D eigenvalue weighted by Gasteiger charge is 2.07. The van der Waals surface area contributed by atoms with Gasteiger partial charge in [0.1, 0.15) is 5.75 Å². The van der Waals surface area contributed by atoms with E-state index in [-0.39, 0.29) is 5.97 Å². The Morgan fingerprint density at radius 2 is 1.81 bits per heavy atom. The third-order valence-electron chi connectivity index (χ3n) is 2.72. The Morgan fingerprint density at radius 1 is 1.14 bits per heavy atom. The third-order valence-corrected chi connectivity index (χ3v) is 4.34. The average molecular weight is 367 g/mol. The Bertz CT molecular complexity index is 626. The van der Waals surface area contributed by atoms with E-state index >= 15 is 0 Å². The number of benzene rings is 2. The first-order valence-electron chi connectivity index (χ1n) is 6.42. The molecule has 110 valence electrons. The van der Waals surface area contributed by atoms with E-state index in [1.54, 1.807) is 37.9 Å². The number of halogens is 1. The van der Waals surface area contributed by atoms with E-state index in [1.165, 1.54) is 0 Å². The van der Waals surface area contributed by atoms with Gasteiger partial charge in [-0.15, -0.1) is 0 Å². The maximum Gasteiger partial charge on any atom is 0.338 e. The van der Waals surface area contributed by atoms with Gasteiger partial charge in [0.15, 0.2) is 0 Å². The van der Waals surface area contributed by atoms with Crippen molar-refractivity contribution in [3.63, 3.8) is 0 Å². The number of carbonyl (C=O) groups is 1. The molecule has 0 aliphatic carbocycles. The highest BCUT2D eigenvalue weighted by Crippen LogP contribution is 2.33. The summed E-state index contributed by atoms with van der Waals surface area (Å²) in [5.41, 5.74) is 0.567. The zero-order chi connectivity index (χ0) is 15.2. The van der Waals surface area contributed by atoms with Gasteiger partial charge in [-0.25, -0.2) is 4.79 Å². The molecule has 0 amide bonds. The monoisotopic (exact) mass is 366 g/mol. The van der Waals surface area contributed by atoms with Crippen LogP contribution in [-0.2, 0) is 4.74 Å². The number of esters is 1. The molecule has 0 aromatic heterocycles. The van der Waals surface area contributed by atoms with E-state index in [2.05, 4.69) is 15.9 Å². The van der Waals surface area contributed by atoms with Crippen LogP contribution < -0.4 is 4.74 Å². The topological polar surface area (TPSA) is 35.5 Å². The predicted molar refractivity (Wildman–Crippen MR) is 87.2 cm³/mol. The van der Waals surface area contributed by atoms with Gasteiger partial charge in [-0.2, -0.15) is 0 Å². The second kappa shape index (κ2) is 7.52. The van der Waals surface area contributed by atoms with E-state index in [4.69, 9.17) is 9.47 Å². The van der Waals surface area contributed by atoms with Crippen molar-refractivity contribution in [2.24, 2.45) is 0 Å². The molecule has 0 radical (unpaired) electrons. The molecular formula is C16H15BrO3S. The Balaban J connectivity index is 2.10. The highest BCUT2D eigenvalue weighted by atomic mass is 79.9. The van der Waals surface area contributed by atoms with E-state index in [0.29, 0.717) is 12.2 Å². The van der Waals surface area contributed by atoms with Crippen LogP contribution in [0.4, 0.5) is 0 Å². The Kier molecular flexibility index (Phi) is 5.70. The van der Waals surface area contributed by atoms with E-state index in [9.17, 15) is 4.79 Å². The summed E-state index contributed by atoms with van der Waals surface area (Å²) >= 11 is 5.09. The predicted octanol–water partition coefficient (Wildman–Crippen LogP) is 4.79. The number of hydrogen-bond donors (Lipinski definition) is 0. The minimum absolute atomic E-state index is 0.291. The maximum absolute atomic E-state index is 11.6. The van der Waals surface area contributed by atoms with Crippen molar-refractivity contribution >= 4 is 33.7 Å². The molecule has 2 aromatic carbocycles. The summed E-state index contributed by atoms with van der Waals surface area (Å²) in [5.74, 6) is 0.512. The lowest BCUT2D eigenvalue weighted by Crippen LogP contribution is -2.03. The standard InChI is InChI=1S/C16H15BrO3S/c1-3-20-16(18)11-4-6-12(7-5-11)21-13-8-9-15(19-2)14(17)10-13/h4-10H,3H2,1-2H3. The summed E-state index contributed by atoms with van der Waals surface area (Å²) in [5, 5.41) is 0. The summed E-state index contributed by atoms with van der Waals surface area (Å²) < 4.78 is 11.1. The zero-order valence-corrected chi connectivity index (χ0v) is 14.2. The van der Waals surface area contributed by atoms with Crippen LogP contribution >= 0.6 is 27.7 Å².